The van der Waals surface area contributed by atoms with Crippen LogP contribution in [0.1, 0.15) is 34.8 Å². The molecule has 1 aliphatic heterocycles. The van der Waals surface area contributed by atoms with Crippen LogP contribution in [0.15, 0.2) is 42.5 Å². The fraction of sp³-hybridized carbons (Fsp3) is 0.364. The molecule has 0 bridgehead atoms. The number of hydrogen-bond donors (Lipinski definition) is 1. The molecule has 28 heavy (non-hydrogen) atoms. The lowest BCUT2D eigenvalue weighted by molar-refractivity contribution is -0.118. The highest BCUT2D eigenvalue weighted by Crippen LogP contribution is 2.29. The normalized spacial score (nSPS) is 12.6. The van der Waals surface area contributed by atoms with Gasteiger partial charge >= 0.3 is 0 Å². The molecule has 0 spiro atoms. The lowest BCUT2D eigenvalue weighted by Gasteiger charge is -2.16. The molecule has 2 aromatic carbocycles. The van der Waals surface area contributed by atoms with E-state index in [1.807, 2.05) is 43.3 Å². The van der Waals surface area contributed by atoms with E-state index in [-0.39, 0.29) is 11.8 Å². The van der Waals surface area contributed by atoms with Crippen molar-refractivity contribution in [2.75, 3.05) is 31.8 Å². The predicted molar refractivity (Wildman–Crippen MR) is 108 cm³/mol. The van der Waals surface area contributed by atoms with E-state index in [1.54, 1.807) is 18.1 Å². The SMILES string of the molecule is CCC(=O)N1CCc2cc(C(=O)NCc3ccc(OCCOC)cc3)ccc21. The Labute approximate surface area is 165 Å². The molecular weight excluding hydrogens is 356 g/mol. The average molecular weight is 382 g/mol. The number of hydrogen-bond acceptors (Lipinski definition) is 4. The Balaban J connectivity index is 1.56. The van der Waals surface area contributed by atoms with Gasteiger partial charge in [0.15, 0.2) is 0 Å². The van der Waals surface area contributed by atoms with Gasteiger partial charge in [0.1, 0.15) is 12.4 Å². The van der Waals surface area contributed by atoms with E-state index < -0.39 is 0 Å². The van der Waals surface area contributed by atoms with Gasteiger partial charge in [-0.2, -0.15) is 0 Å². The molecular formula is C22H26N2O4. The highest BCUT2D eigenvalue weighted by Gasteiger charge is 2.24. The van der Waals surface area contributed by atoms with Crippen molar-refractivity contribution in [3.05, 3.63) is 59.2 Å². The summed E-state index contributed by atoms with van der Waals surface area (Å²) >= 11 is 0. The van der Waals surface area contributed by atoms with Gasteiger partial charge in [0, 0.05) is 37.9 Å². The van der Waals surface area contributed by atoms with Gasteiger partial charge < -0.3 is 19.7 Å². The minimum atomic E-state index is -0.122. The molecule has 1 aliphatic rings. The highest BCUT2D eigenvalue weighted by atomic mass is 16.5. The molecule has 0 aliphatic carbocycles. The first kappa shape index (κ1) is 19.9. The smallest absolute Gasteiger partial charge is 0.251 e. The number of rotatable bonds is 8. The molecule has 2 aromatic rings. The molecule has 2 amide bonds. The fourth-order valence-electron chi connectivity index (χ4n) is 3.22. The number of carbonyl (C=O) groups is 2. The predicted octanol–water partition coefficient (Wildman–Crippen LogP) is 2.94. The molecule has 1 N–H and O–H groups in total. The van der Waals surface area contributed by atoms with Gasteiger partial charge in [-0.15, -0.1) is 0 Å². The van der Waals surface area contributed by atoms with Crippen LogP contribution in [0, 0.1) is 0 Å². The van der Waals surface area contributed by atoms with Crippen LogP contribution in [0.5, 0.6) is 5.75 Å². The van der Waals surface area contributed by atoms with Crippen molar-refractivity contribution in [1.82, 2.24) is 5.32 Å². The molecule has 1 heterocycles. The lowest BCUT2D eigenvalue weighted by atomic mass is 10.1. The molecule has 148 valence electrons. The molecule has 0 fully saturated rings. The minimum absolute atomic E-state index is 0.116. The van der Waals surface area contributed by atoms with E-state index in [9.17, 15) is 9.59 Å². The van der Waals surface area contributed by atoms with Crippen LogP contribution in [0.4, 0.5) is 5.69 Å². The number of benzene rings is 2. The topological polar surface area (TPSA) is 67.9 Å². The number of fused-ring (bicyclic) bond motifs is 1. The van der Waals surface area contributed by atoms with Crippen molar-refractivity contribution in [2.45, 2.75) is 26.3 Å². The maximum atomic E-state index is 12.5. The van der Waals surface area contributed by atoms with Crippen LogP contribution in [0.3, 0.4) is 0 Å². The van der Waals surface area contributed by atoms with E-state index in [1.165, 1.54) is 0 Å². The van der Waals surface area contributed by atoms with Crippen LogP contribution in [0.25, 0.3) is 0 Å². The maximum absolute atomic E-state index is 12.5. The molecule has 0 aromatic heterocycles. The average Bonchev–Trinajstić information content (AvgIpc) is 3.16. The van der Waals surface area contributed by atoms with Crippen LogP contribution < -0.4 is 15.0 Å². The van der Waals surface area contributed by atoms with Gasteiger partial charge in [0.05, 0.1) is 6.61 Å². The molecule has 0 unspecified atom stereocenters. The van der Waals surface area contributed by atoms with Crippen LogP contribution in [0.2, 0.25) is 0 Å². The van der Waals surface area contributed by atoms with Crippen LogP contribution in [-0.4, -0.2) is 38.7 Å². The van der Waals surface area contributed by atoms with Gasteiger partial charge in [-0.3, -0.25) is 9.59 Å². The lowest BCUT2D eigenvalue weighted by Crippen LogP contribution is -2.27. The first-order valence-electron chi connectivity index (χ1n) is 9.54. The summed E-state index contributed by atoms with van der Waals surface area (Å²) in [6.07, 6.45) is 1.27. The summed E-state index contributed by atoms with van der Waals surface area (Å²) in [7, 11) is 1.64. The van der Waals surface area contributed by atoms with Gasteiger partial charge in [0.25, 0.3) is 5.91 Å². The van der Waals surface area contributed by atoms with Crippen molar-refractivity contribution in [1.29, 1.82) is 0 Å². The summed E-state index contributed by atoms with van der Waals surface area (Å²) < 4.78 is 10.5. The molecule has 3 rings (SSSR count). The first-order chi connectivity index (χ1) is 13.6. The summed E-state index contributed by atoms with van der Waals surface area (Å²) in [5.74, 6) is 0.769. The van der Waals surface area contributed by atoms with Crippen molar-refractivity contribution < 1.29 is 19.1 Å². The zero-order valence-corrected chi connectivity index (χ0v) is 16.4. The monoisotopic (exact) mass is 382 g/mol. The van der Waals surface area contributed by atoms with Gasteiger partial charge in [0.2, 0.25) is 5.91 Å². The summed E-state index contributed by atoms with van der Waals surface area (Å²) in [5.41, 5.74) is 3.58. The van der Waals surface area contributed by atoms with Crippen molar-refractivity contribution in [3.8, 4) is 5.75 Å². The van der Waals surface area contributed by atoms with E-state index in [2.05, 4.69) is 5.32 Å². The second kappa shape index (κ2) is 9.37. The number of anilines is 1. The number of carbonyl (C=O) groups excluding carboxylic acids is 2. The number of nitrogens with one attached hydrogen (secondary N) is 1. The standard InChI is InChI=1S/C22H26N2O4/c1-3-21(25)24-11-10-17-14-18(6-9-20(17)24)22(26)23-15-16-4-7-19(8-5-16)28-13-12-27-2/h4-9,14H,3,10-13,15H2,1-2H3,(H,23,26). The molecule has 0 atom stereocenters. The zero-order valence-electron chi connectivity index (χ0n) is 16.4. The maximum Gasteiger partial charge on any atom is 0.251 e. The summed E-state index contributed by atoms with van der Waals surface area (Å²) in [6, 6.07) is 13.2. The number of methoxy groups -OCH3 is 1. The summed E-state index contributed by atoms with van der Waals surface area (Å²) in [5, 5.41) is 2.94. The molecule has 6 nitrogen and oxygen atoms in total. The summed E-state index contributed by atoms with van der Waals surface area (Å²) in [4.78, 5) is 26.3. The third-order valence-corrected chi connectivity index (χ3v) is 4.77. The second-order valence-electron chi connectivity index (χ2n) is 6.66. The Morgan fingerprint density at radius 2 is 1.89 bits per heavy atom. The Bertz CT molecular complexity index is 833. The zero-order chi connectivity index (χ0) is 19.9. The Morgan fingerprint density at radius 1 is 1.11 bits per heavy atom. The van der Waals surface area contributed by atoms with Crippen molar-refractivity contribution >= 4 is 17.5 Å². The van der Waals surface area contributed by atoms with Gasteiger partial charge in [-0.25, -0.2) is 0 Å². The van der Waals surface area contributed by atoms with Crippen molar-refractivity contribution in [2.24, 2.45) is 0 Å². The first-order valence-corrected chi connectivity index (χ1v) is 9.54. The van der Waals surface area contributed by atoms with Gasteiger partial charge in [-0.1, -0.05) is 19.1 Å². The molecule has 0 radical (unpaired) electrons. The Kier molecular flexibility index (Phi) is 6.66. The largest absolute Gasteiger partial charge is 0.491 e. The molecule has 0 saturated heterocycles. The summed E-state index contributed by atoms with van der Waals surface area (Å²) in [6.45, 7) is 4.04. The molecule has 6 heteroatoms. The van der Waals surface area contributed by atoms with Crippen LogP contribution >= 0.6 is 0 Å². The quantitative estimate of drug-likeness (QED) is 0.713. The fourth-order valence-corrected chi connectivity index (χ4v) is 3.22. The van der Waals surface area contributed by atoms with Crippen LogP contribution in [-0.2, 0) is 22.5 Å². The van der Waals surface area contributed by atoms with E-state index in [4.69, 9.17) is 9.47 Å². The number of amides is 2. The van der Waals surface area contributed by atoms with Crippen molar-refractivity contribution in [3.63, 3.8) is 0 Å². The van der Waals surface area contributed by atoms with Gasteiger partial charge in [-0.05, 0) is 47.9 Å². The third kappa shape index (κ3) is 4.70. The Hall–Kier alpha value is -2.86. The number of ether oxygens (including phenoxy) is 2. The van der Waals surface area contributed by atoms with E-state index in [0.29, 0.717) is 38.3 Å². The van der Waals surface area contributed by atoms with E-state index in [0.717, 1.165) is 29.0 Å². The third-order valence-electron chi connectivity index (χ3n) is 4.77. The van der Waals surface area contributed by atoms with E-state index >= 15 is 0 Å². The minimum Gasteiger partial charge on any atom is -0.491 e. The number of nitrogens with zero attached hydrogens (tertiary/aromatic N) is 1. The Morgan fingerprint density at radius 3 is 2.61 bits per heavy atom. The highest BCUT2D eigenvalue weighted by molar-refractivity contribution is 5.98. The second-order valence-corrected chi connectivity index (χ2v) is 6.66. The molecule has 0 saturated carbocycles.